The highest BCUT2D eigenvalue weighted by Gasteiger charge is 2.11. The van der Waals surface area contributed by atoms with E-state index in [1.165, 1.54) is 19.3 Å². The molecule has 0 spiro atoms. The van der Waals surface area contributed by atoms with Crippen LogP contribution < -0.4 is 4.74 Å². The molecule has 166 valence electrons. The Morgan fingerprint density at radius 3 is 2.34 bits per heavy atom. The summed E-state index contributed by atoms with van der Waals surface area (Å²) in [4.78, 5) is 11.5. The van der Waals surface area contributed by atoms with Crippen LogP contribution in [0, 0.1) is 0 Å². The van der Waals surface area contributed by atoms with E-state index in [0.29, 0.717) is 24.5 Å². The van der Waals surface area contributed by atoms with Crippen molar-refractivity contribution in [3.8, 4) is 11.5 Å². The van der Waals surface area contributed by atoms with Crippen molar-refractivity contribution in [3.63, 3.8) is 0 Å². The summed E-state index contributed by atoms with van der Waals surface area (Å²) in [5.41, 5.74) is 0.983. The molecule has 0 unspecified atom stereocenters. The maximum absolute atomic E-state index is 11.5. The van der Waals surface area contributed by atoms with Crippen molar-refractivity contribution in [2.45, 2.75) is 83.7 Å². The molecule has 0 radical (unpaired) electrons. The highest BCUT2D eigenvalue weighted by atomic mass is 16.6. The van der Waals surface area contributed by atoms with Crippen molar-refractivity contribution >= 4 is 5.97 Å². The molecule has 0 saturated carbocycles. The lowest BCUT2D eigenvalue weighted by molar-refractivity contribution is -0.153. The van der Waals surface area contributed by atoms with Gasteiger partial charge < -0.3 is 24.8 Å². The van der Waals surface area contributed by atoms with Gasteiger partial charge in [-0.2, -0.15) is 0 Å². The molecule has 0 aliphatic heterocycles. The summed E-state index contributed by atoms with van der Waals surface area (Å²) in [5.74, 6) is 0.635. The Balaban J connectivity index is 2.08. The highest BCUT2D eigenvalue weighted by molar-refractivity contribution is 5.69. The fourth-order valence-corrected chi connectivity index (χ4v) is 3.06. The third-order valence-electron chi connectivity index (χ3n) is 4.86. The molecule has 0 aliphatic carbocycles. The van der Waals surface area contributed by atoms with Gasteiger partial charge >= 0.3 is 5.97 Å². The summed E-state index contributed by atoms with van der Waals surface area (Å²) >= 11 is 0. The second-order valence-corrected chi connectivity index (χ2v) is 7.44. The van der Waals surface area contributed by atoms with E-state index in [-0.39, 0.29) is 19.2 Å². The van der Waals surface area contributed by atoms with Crippen molar-refractivity contribution in [2.75, 3.05) is 19.8 Å². The molecule has 0 amide bonds. The molecule has 1 aromatic rings. The van der Waals surface area contributed by atoms with Gasteiger partial charge in [-0.1, -0.05) is 51.5 Å². The van der Waals surface area contributed by atoms with Crippen LogP contribution in [-0.4, -0.2) is 47.2 Å². The summed E-state index contributed by atoms with van der Waals surface area (Å²) in [5, 5.41) is 27.9. The normalized spacial score (nSPS) is 11.0. The smallest absolute Gasteiger partial charge is 0.306 e. The number of aliphatic hydroxyl groups excluding tert-OH is 2. The highest BCUT2D eigenvalue weighted by Crippen LogP contribution is 2.25. The minimum atomic E-state index is -0.811. The van der Waals surface area contributed by atoms with Gasteiger partial charge in [-0.05, 0) is 37.3 Å². The van der Waals surface area contributed by atoms with Gasteiger partial charge in [0.2, 0.25) is 0 Å². The summed E-state index contributed by atoms with van der Waals surface area (Å²) in [6, 6.07) is 5.58. The van der Waals surface area contributed by atoms with Gasteiger partial charge in [-0.25, -0.2) is 0 Å². The van der Waals surface area contributed by atoms with Crippen LogP contribution in [0.2, 0.25) is 0 Å². The number of aromatic hydroxyl groups is 1. The third-order valence-corrected chi connectivity index (χ3v) is 4.86. The van der Waals surface area contributed by atoms with Crippen molar-refractivity contribution in [2.24, 2.45) is 0 Å². The van der Waals surface area contributed by atoms with Crippen LogP contribution in [0.25, 0.3) is 0 Å². The number of unbranched alkanes of at least 4 members (excludes halogenated alkanes) is 7. The minimum Gasteiger partial charge on any atom is -0.508 e. The topological polar surface area (TPSA) is 96.2 Å². The number of ether oxygens (including phenoxy) is 2. The molecule has 1 rings (SSSR count). The van der Waals surface area contributed by atoms with Crippen LogP contribution in [-0.2, 0) is 16.0 Å². The molecule has 0 bridgehead atoms. The van der Waals surface area contributed by atoms with E-state index in [4.69, 9.17) is 19.7 Å². The Hall–Kier alpha value is -1.79. The van der Waals surface area contributed by atoms with Gasteiger partial charge in [0, 0.05) is 12.5 Å². The minimum absolute atomic E-state index is 0.303. The summed E-state index contributed by atoms with van der Waals surface area (Å²) in [6.45, 7) is 2.07. The number of rotatable bonds is 17. The summed E-state index contributed by atoms with van der Waals surface area (Å²) in [6.07, 6.45) is 9.72. The Bertz CT molecular complexity index is 556. The van der Waals surface area contributed by atoms with Gasteiger partial charge in [0.1, 0.15) is 17.6 Å². The molecular formula is C23H38O6. The molecule has 6 nitrogen and oxygen atoms in total. The maximum Gasteiger partial charge on any atom is 0.306 e. The molecule has 1 aromatic carbocycles. The number of hydrogen-bond donors (Lipinski definition) is 3. The Morgan fingerprint density at radius 2 is 1.66 bits per heavy atom. The van der Waals surface area contributed by atoms with E-state index in [1.54, 1.807) is 6.07 Å². The second-order valence-electron chi connectivity index (χ2n) is 7.44. The van der Waals surface area contributed by atoms with Gasteiger partial charge in [0.15, 0.2) is 0 Å². The molecular weight excluding hydrogens is 372 g/mol. The zero-order valence-corrected chi connectivity index (χ0v) is 17.8. The predicted octanol–water partition coefficient (Wildman–Crippen LogP) is 4.13. The standard InChI is InChI=1S/C23H38O6/c1-2-3-4-8-11-19-13-14-20(16-22(19)26)28-15-10-7-5-6-9-12-23(27)29-21(17-24)18-25/h13-14,16,21,24-26H,2-12,15,17-18H2,1H3. The van der Waals surface area contributed by atoms with Crippen molar-refractivity contribution in [3.05, 3.63) is 23.8 Å². The van der Waals surface area contributed by atoms with Crippen molar-refractivity contribution in [1.82, 2.24) is 0 Å². The van der Waals surface area contributed by atoms with Gasteiger partial charge in [0.05, 0.1) is 19.8 Å². The first kappa shape index (κ1) is 25.2. The Kier molecular flexibility index (Phi) is 14.0. The fraction of sp³-hybridized carbons (Fsp3) is 0.696. The second kappa shape index (κ2) is 16.1. The van der Waals surface area contributed by atoms with E-state index >= 15 is 0 Å². The lowest BCUT2D eigenvalue weighted by atomic mass is 10.1. The Morgan fingerprint density at radius 1 is 0.966 bits per heavy atom. The average Bonchev–Trinajstić information content (AvgIpc) is 2.72. The lowest BCUT2D eigenvalue weighted by Gasteiger charge is -2.12. The largest absolute Gasteiger partial charge is 0.508 e. The van der Waals surface area contributed by atoms with Crippen molar-refractivity contribution in [1.29, 1.82) is 0 Å². The first-order valence-electron chi connectivity index (χ1n) is 11.0. The van der Waals surface area contributed by atoms with E-state index in [2.05, 4.69) is 6.92 Å². The van der Waals surface area contributed by atoms with Crippen LogP contribution in [0.3, 0.4) is 0 Å². The SMILES string of the molecule is CCCCCCc1ccc(OCCCCCCCC(=O)OC(CO)CO)cc1O. The number of phenolic OH excluding ortho intramolecular Hbond substituents is 1. The van der Waals surface area contributed by atoms with Crippen molar-refractivity contribution < 1.29 is 29.6 Å². The number of benzene rings is 1. The fourth-order valence-electron chi connectivity index (χ4n) is 3.06. The molecule has 3 N–H and O–H groups in total. The molecule has 0 atom stereocenters. The number of esters is 1. The number of aliphatic hydroxyl groups is 2. The zero-order chi connectivity index (χ0) is 21.3. The molecule has 6 heteroatoms. The number of aryl methyl sites for hydroxylation is 1. The van der Waals surface area contributed by atoms with E-state index in [0.717, 1.165) is 50.5 Å². The van der Waals surface area contributed by atoms with E-state index < -0.39 is 6.10 Å². The first-order chi connectivity index (χ1) is 14.1. The molecule has 0 heterocycles. The molecule has 0 fully saturated rings. The van der Waals surface area contributed by atoms with Crippen LogP contribution in [0.4, 0.5) is 0 Å². The van der Waals surface area contributed by atoms with Crippen LogP contribution in [0.1, 0.15) is 76.7 Å². The molecule has 0 aromatic heterocycles. The predicted molar refractivity (Wildman–Crippen MR) is 113 cm³/mol. The van der Waals surface area contributed by atoms with Crippen LogP contribution in [0.5, 0.6) is 11.5 Å². The number of phenols is 1. The van der Waals surface area contributed by atoms with E-state index in [9.17, 15) is 9.90 Å². The lowest BCUT2D eigenvalue weighted by Crippen LogP contribution is -2.25. The number of carbonyl (C=O) groups is 1. The van der Waals surface area contributed by atoms with Crippen LogP contribution >= 0.6 is 0 Å². The van der Waals surface area contributed by atoms with Gasteiger partial charge in [-0.3, -0.25) is 4.79 Å². The first-order valence-corrected chi connectivity index (χ1v) is 11.0. The van der Waals surface area contributed by atoms with Crippen LogP contribution in [0.15, 0.2) is 18.2 Å². The van der Waals surface area contributed by atoms with Gasteiger partial charge in [0.25, 0.3) is 0 Å². The third kappa shape index (κ3) is 11.7. The zero-order valence-electron chi connectivity index (χ0n) is 17.8. The molecule has 0 aliphatic rings. The number of carbonyl (C=O) groups excluding carboxylic acids is 1. The average molecular weight is 411 g/mol. The summed E-state index contributed by atoms with van der Waals surface area (Å²) < 4.78 is 10.6. The quantitative estimate of drug-likeness (QED) is 0.264. The van der Waals surface area contributed by atoms with E-state index in [1.807, 2.05) is 12.1 Å². The molecule has 0 saturated heterocycles. The monoisotopic (exact) mass is 410 g/mol. The maximum atomic E-state index is 11.5. The summed E-state index contributed by atoms with van der Waals surface area (Å²) in [7, 11) is 0. The Labute approximate surface area is 174 Å². The molecule has 29 heavy (non-hydrogen) atoms. The van der Waals surface area contributed by atoms with Gasteiger partial charge in [-0.15, -0.1) is 0 Å². The number of hydrogen-bond acceptors (Lipinski definition) is 6.